The third-order valence-corrected chi connectivity index (χ3v) is 8.29. The van der Waals surface area contributed by atoms with Crippen molar-refractivity contribution in [3.8, 4) is 0 Å². The maximum Gasteiger partial charge on any atom is 0.240 e. The van der Waals surface area contributed by atoms with Gasteiger partial charge in [-0.05, 0) is 67.4 Å². The van der Waals surface area contributed by atoms with Crippen LogP contribution in [0.3, 0.4) is 0 Å². The van der Waals surface area contributed by atoms with Gasteiger partial charge in [0.2, 0.25) is 5.91 Å². The Bertz CT molecular complexity index is 760. The van der Waals surface area contributed by atoms with Crippen molar-refractivity contribution >= 4 is 5.91 Å². The fraction of sp³-hybridized carbons (Fsp3) is 0.708. The van der Waals surface area contributed by atoms with Crippen LogP contribution in [0.4, 0.5) is 0 Å². The number of nitrogens with zero attached hydrogens (tertiary/aromatic N) is 2. The number of rotatable bonds is 2. The van der Waals surface area contributed by atoms with Crippen molar-refractivity contribution in [3.63, 3.8) is 0 Å². The molecule has 0 aromatic heterocycles. The number of carbonyl (C=O) groups is 1. The molecule has 5 aliphatic rings. The summed E-state index contributed by atoms with van der Waals surface area (Å²) < 4.78 is 0. The molecule has 1 saturated carbocycles. The van der Waals surface area contributed by atoms with Crippen LogP contribution < -0.4 is 5.32 Å². The quantitative estimate of drug-likeness (QED) is 0.858. The van der Waals surface area contributed by atoms with Crippen molar-refractivity contribution < 1.29 is 4.79 Å². The topological polar surface area (TPSA) is 35.6 Å². The van der Waals surface area contributed by atoms with Crippen LogP contribution in [-0.2, 0) is 17.8 Å². The fourth-order valence-electron chi connectivity index (χ4n) is 6.86. The second-order valence-corrected chi connectivity index (χ2v) is 10.1. The summed E-state index contributed by atoms with van der Waals surface area (Å²) in [7, 11) is 0. The van der Waals surface area contributed by atoms with E-state index in [0.29, 0.717) is 17.7 Å². The molecule has 1 aromatic rings. The SMILES string of the molecule is O=C([C@H]1Cc2ccccc2CN1)N1C[C@@H]2C[C@H](C1)[C@@H]1CCC[C@H](C3CC3)N1C2. The fourth-order valence-corrected chi connectivity index (χ4v) is 6.86. The highest BCUT2D eigenvalue weighted by Gasteiger charge is 2.49. The zero-order valence-electron chi connectivity index (χ0n) is 16.9. The van der Waals surface area contributed by atoms with Crippen LogP contribution in [0.1, 0.15) is 49.7 Å². The van der Waals surface area contributed by atoms with Gasteiger partial charge in [0.25, 0.3) is 0 Å². The van der Waals surface area contributed by atoms with E-state index in [1.54, 1.807) is 0 Å². The molecule has 4 fully saturated rings. The number of nitrogens with one attached hydrogen (secondary N) is 1. The highest BCUT2D eigenvalue weighted by atomic mass is 16.2. The molecule has 4 heterocycles. The minimum Gasteiger partial charge on any atom is -0.341 e. The van der Waals surface area contributed by atoms with Crippen molar-refractivity contribution in [1.29, 1.82) is 0 Å². The van der Waals surface area contributed by atoms with Gasteiger partial charge in [0, 0.05) is 38.3 Å². The van der Waals surface area contributed by atoms with Crippen LogP contribution in [0, 0.1) is 17.8 Å². The van der Waals surface area contributed by atoms with Gasteiger partial charge in [-0.25, -0.2) is 0 Å². The Morgan fingerprint density at radius 3 is 2.54 bits per heavy atom. The highest BCUT2D eigenvalue weighted by molar-refractivity contribution is 5.82. The highest BCUT2D eigenvalue weighted by Crippen LogP contribution is 2.46. The van der Waals surface area contributed by atoms with E-state index in [2.05, 4.69) is 39.4 Å². The molecular formula is C24H33N3O. The van der Waals surface area contributed by atoms with Gasteiger partial charge in [-0.3, -0.25) is 9.69 Å². The van der Waals surface area contributed by atoms with Gasteiger partial charge in [0.15, 0.2) is 0 Å². The molecule has 4 heteroatoms. The minimum atomic E-state index is -0.0320. The van der Waals surface area contributed by atoms with Gasteiger partial charge in [0.1, 0.15) is 0 Å². The summed E-state index contributed by atoms with van der Waals surface area (Å²) in [5.41, 5.74) is 2.70. The first kappa shape index (κ1) is 17.5. The lowest BCUT2D eigenvalue weighted by atomic mass is 9.74. The molecule has 4 aliphatic heterocycles. The largest absolute Gasteiger partial charge is 0.341 e. The van der Waals surface area contributed by atoms with Crippen molar-refractivity contribution in [2.24, 2.45) is 17.8 Å². The van der Waals surface area contributed by atoms with E-state index in [9.17, 15) is 4.79 Å². The molecule has 1 N–H and O–H groups in total. The number of fused-ring (bicyclic) bond motifs is 5. The molecule has 3 saturated heterocycles. The normalized spacial score (nSPS) is 37.9. The second-order valence-electron chi connectivity index (χ2n) is 10.1. The zero-order valence-corrected chi connectivity index (χ0v) is 16.9. The van der Waals surface area contributed by atoms with Crippen molar-refractivity contribution in [2.75, 3.05) is 19.6 Å². The predicted octanol–water partition coefficient (Wildman–Crippen LogP) is 2.81. The number of likely N-dealkylation sites (tertiary alicyclic amines) is 1. The standard InChI is InChI=1S/C24H33N3O/c28-24(21-11-18-4-1-2-5-19(18)12-25-21)26-13-16-10-20(15-26)23-7-3-6-22(17-8-9-17)27(23)14-16/h1-2,4-5,16-17,20-23,25H,3,6-15H2/t16-,20+,21+,22+,23-/m0/s1. The Hall–Kier alpha value is -1.39. The third-order valence-electron chi connectivity index (χ3n) is 8.29. The van der Waals surface area contributed by atoms with E-state index in [1.807, 2.05) is 0 Å². The number of carbonyl (C=O) groups excluding carboxylic acids is 1. The lowest BCUT2D eigenvalue weighted by Crippen LogP contribution is -2.64. The molecule has 0 radical (unpaired) electrons. The van der Waals surface area contributed by atoms with Gasteiger partial charge >= 0.3 is 0 Å². The average Bonchev–Trinajstić information content (AvgIpc) is 3.57. The van der Waals surface area contributed by atoms with E-state index in [1.165, 1.54) is 56.2 Å². The molecule has 1 aliphatic carbocycles. The van der Waals surface area contributed by atoms with E-state index in [4.69, 9.17) is 0 Å². The van der Waals surface area contributed by atoms with Gasteiger partial charge in [0.05, 0.1) is 6.04 Å². The molecule has 28 heavy (non-hydrogen) atoms. The summed E-state index contributed by atoms with van der Waals surface area (Å²) in [4.78, 5) is 18.5. The first-order chi connectivity index (χ1) is 13.8. The maximum absolute atomic E-state index is 13.4. The summed E-state index contributed by atoms with van der Waals surface area (Å²) in [6, 6.07) is 10.1. The molecule has 0 spiro atoms. The lowest BCUT2D eigenvalue weighted by Gasteiger charge is -2.55. The summed E-state index contributed by atoms with van der Waals surface area (Å²) >= 11 is 0. The van der Waals surface area contributed by atoms with Gasteiger partial charge in [-0.15, -0.1) is 0 Å². The zero-order chi connectivity index (χ0) is 18.7. The maximum atomic E-state index is 13.4. The van der Waals surface area contributed by atoms with Crippen LogP contribution in [0.2, 0.25) is 0 Å². The van der Waals surface area contributed by atoms with Crippen LogP contribution in [-0.4, -0.2) is 53.5 Å². The van der Waals surface area contributed by atoms with E-state index < -0.39 is 0 Å². The van der Waals surface area contributed by atoms with Crippen molar-refractivity contribution in [1.82, 2.24) is 15.1 Å². The summed E-state index contributed by atoms with van der Waals surface area (Å²) in [5.74, 6) is 2.74. The summed E-state index contributed by atoms with van der Waals surface area (Å²) in [6.07, 6.45) is 9.31. The molecule has 1 amide bonds. The average molecular weight is 380 g/mol. The van der Waals surface area contributed by atoms with E-state index in [0.717, 1.165) is 44.1 Å². The molecular weight excluding hydrogens is 346 g/mol. The number of piperidine rings is 3. The van der Waals surface area contributed by atoms with Crippen LogP contribution in [0.15, 0.2) is 24.3 Å². The number of hydrogen-bond acceptors (Lipinski definition) is 3. The molecule has 2 bridgehead atoms. The van der Waals surface area contributed by atoms with Crippen LogP contribution in [0.5, 0.6) is 0 Å². The predicted molar refractivity (Wildman–Crippen MR) is 110 cm³/mol. The van der Waals surface area contributed by atoms with E-state index in [-0.39, 0.29) is 6.04 Å². The number of benzene rings is 1. The second kappa shape index (κ2) is 6.84. The number of hydrogen-bond donors (Lipinski definition) is 1. The molecule has 150 valence electrons. The van der Waals surface area contributed by atoms with Crippen molar-refractivity contribution in [3.05, 3.63) is 35.4 Å². The van der Waals surface area contributed by atoms with Gasteiger partial charge in [-0.2, -0.15) is 0 Å². The van der Waals surface area contributed by atoms with Gasteiger partial charge < -0.3 is 10.2 Å². The van der Waals surface area contributed by atoms with Crippen molar-refractivity contribution in [2.45, 2.75) is 69.6 Å². The summed E-state index contributed by atoms with van der Waals surface area (Å²) in [5, 5.41) is 3.52. The first-order valence-corrected chi connectivity index (χ1v) is 11.6. The summed E-state index contributed by atoms with van der Waals surface area (Å²) in [6.45, 7) is 4.04. The Balaban J connectivity index is 1.16. The Morgan fingerprint density at radius 2 is 1.71 bits per heavy atom. The first-order valence-electron chi connectivity index (χ1n) is 11.6. The molecule has 0 unspecified atom stereocenters. The lowest BCUT2D eigenvalue weighted by molar-refractivity contribution is -0.141. The van der Waals surface area contributed by atoms with Gasteiger partial charge in [-0.1, -0.05) is 30.7 Å². The monoisotopic (exact) mass is 379 g/mol. The molecule has 1 aromatic carbocycles. The molecule has 6 rings (SSSR count). The Kier molecular flexibility index (Phi) is 4.27. The minimum absolute atomic E-state index is 0.0320. The number of amides is 1. The Morgan fingerprint density at radius 1 is 0.929 bits per heavy atom. The van der Waals surface area contributed by atoms with E-state index >= 15 is 0 Å². The third kappa shape index (κ3) is 3.00. The Labute approximate surface area is 168 Å². The molecule has 5 atom stereocenters. The van der Waals surface area contributed by atoms with Crippen LogP contribution in [0.25, 0.3) is 0 Å². The van der Waals surface area contributed by atoms with Crippen LogP contribution >= 0.6 is 0 Å². The molecule has 4 nitrogen and oxygen atoms in total. The smallest absolute Gasteiger partial charge is 0.240 e.